The molecule has 0 radical (unpaired) electrons. The van der Waals surface area contributed by atoms with Crippen LogP contribution in [-0.4, -0.2) is 38.5 Å². The van der Waals surface area contributed by atoms with Gasteiger partial charge in [0.2, 0.25) is 0 Å². The third kappa shape index (κ3) is 5.44. The number of nitrogens with zero attached hydrogens (tertiary/aromatic N) is 3. The Morgan fingerprint density at radius 3 is 2.03 bits per heavy atom. The number of hydrogen-bond acceptors (Lipinski definition) is 6. The Bertz CT molecular complexity index is 972. The van der Waals surface area contributed by atoms with Crippen LogP contribution in [0.25, 0.3) is 0 Å². The third-order valence-electron chi connectivity index (χ3n) is 4.41. The van der Waals surface area contributed by atoms with Crippen molar-refractivity contribution in [1.29, 1.82) is 0 Å². The minimum atomic E-state index is -4.15. The van der Waals surface area contributed by atoms with Crippen LogP contribution in [0.5, 0.6) is 0 Å². The summed E-state index contributed by atoms with van der Waals surface area (Å²) in [4.78, 5) is 22.0. The van der Waals surface area contributed by atoms with Crippen LogP contribution < -0.4 is 14.9 Å². The first-order valence-electron chi connectivity index (χ1n) is 9.40. The Balaban J connectivity index is 2.35. The maximum atomic E-state index is 12.6. The number of aromatic nitrogens is 2. The van der Waals surface area contributed by atoms with Crippen LogP contribution in [0.2, 0.25) is 0 Å². The number of aryl methyl sites for hydroxylation is 1. The van der Waals surface area contributed by atoms with Gasteiger partial charge >= 0.3 is 6.03 Å². The molecule has 9 heteroatoms. The predicted molar refractivity (Wildman–Crippen MR) is 115 cm³/mol. The van der Waals surface area contributed by atoms with Gasteiger partial charge in [0.15, 0.2) is 5.03 Å². The van der Waals surface area contributed by atoms with Gasteiger partial charge in [-0.2, -0.15) is 8.42 Å². The second kappa shape index (κ2) is 8.77. The quantitative estimate of drug-likeness (QED) is 0.693. The van der Waals surface area contributed by atoms with Crippen molar-refractivity contribution >= 4 is 27.6 Å². The predicted octanol–water partition coefficient (Wildman–Crippen LogP) is 3.61. The summed E-state index contributed by atoms with van der Waals surface area (Å²) < 4.78 is 27.3. The van der Waals surface area contributed by atoms with Gasteiger partial charge in [0.05, 0.1) is 0 Å². The van der Waals surface area contributed by atoms with Gasteiger partial charge in [0.1, 0.15) is 12.1 Å². The Morgan fingerprint density at radius 2 is 1.55 bits per heavy atom. The van der Waals surface area contributed by atoms with Gasteiger partial charge in [-0.3, -0.25) is 0 Å². The minimum Gasteiger partial charge on any atom is -0.363 e. The van der Waals surface area contributed by atoms with Crippen molar-refractivity contribution in [3.05, 3.63) is 41.2 Å². The average molecular weight is 420 g/mol. The standard InChI is InChI=1S/C20H29N5O3S/c1-12(2)15-8-14(5)9-16(13(3)4)19(15)23-20(26)24-29(27,28)18-10-17(25(6)7)21-11-22-18/h8-13H,1-7H3,(H2,23,24,26). The Morgan fingerprint density at radius 1 is 1.00 bits per heavy atom. The Kier molecular flexibility index (Phi) is 6.84. The van der Waals surface area contributed by atoms with Gasteiger partial charge in [-0.25, -0.2) is 19.5 Å². The topological polar surface area (TPSA) is 104 Å². The number of urea groups is 1. The van der Waals surface area contributed by atoms with Crippen molar-refractivity contribution in [2.24, 2.45) is 0 Å². The molecule has 2 amide bonds. The SMILES string of the molecule is Cc1cc(C(C)C)c(NC(=O)NS(=O)(=O)c2cc(N(C)C)ncn2)c(C(C)C)c1. The van der Waals surface area contributed by atoms with E-state index in [1.54, 1.807) is 19.0 Å². The van der Waals surface area contributed by atoms with Crippen molar-refractivity contribution < 1.29 is 13.2 Å². The van der Waals surface area contributed by atoms with E-state index in [1.165, 1.54) is 6.07 Å². The molecule has 0 unspecified atom stereocenters. The highest BCUT2D eigenvalue weighted by Gasteiger charge is 2.23. The second-order valence-corrected chi connectivity index (χ2v) is 9.43. The van der Waals surface area contributed by atoms with E-state index in [9.17, 15) is 13.2 Å². The number of carbonyl (C=O) groups excluding carboxylic acids is 1. The van der Waals surface area contributed by atoms with Crippen LogP contribution in [0.3, 0.4) is 0 Å². The van der Waals surface area contributed by atoms with Crippen LogP contribution in [0.4, 0.5) is 16.3 Å². The van der Waals surface area contributed by atoms with Crippen LogP contribution in [0.15, 0.2) is 29.6 Å². The lowest BCUT2D eigenvalue weighted by Crippen LogP contribution is -2.35. The summed E-state index contributed by atoms with van der Waals surface area (Å²) in [5.41, 5.74) is 3.65. The summed E-state index contributed by atoms with van der Waals surface area (Å²) >= 11 is 0. The summed E-state index contributed by atoms with van der Waals surface area (Å²) in [7, 11) is -0.683. The highest BCUT2D eigenvalue weighted by Crippen LogP contribution is 2.33. The fraction of sp³-hybridized carbons (Fsp3) is 0.450. The summed E-state index contributed by atoms with van der Waals surface area (Å²) in [5, 5.41) is 2.47. The number of amides is 2. The van der Waals surface area contributed by atoms with Gasteiger partial charge in [-0.15, -0.1) is 0 Å². The molecule has 0 saturated carbocycles. The molecule has 0 bridgehead atoms. The third-order valence-corrected chi connectivity index (χ3v) is 5.64. The first-order chi connectivity index (χ1) is 13.4. The molecule has 1 heterocycles. The number of nitrogens with one attached hydrogen (secondary N) is 2. The first kappa shape index (κ1) is 22.6. The van der Waals surface area contributed by atoms with Crippen molar-refractivity contribution in [1.82, 2.24) is 14.7 Å². The number of hydrogen-bond donors (Lipinski definition) is 2. The van der Waals surface area contributed by atoms with E-state index in [4.69, 9.17) is 0 Å². The lowest BCUT2D eigenvalue weighted by atomic mass is 9.90. The Hall–Kier alpha value is -2.68. The zero-order valence-corrected chi connectivity index (χ0v) is 18.8. The summed E-state index contributed by atoms with van der Waals surface area (Å²) in [6.07, 6.45) is 1.15. The van der Waals surface area contributed by atoms with E-state index in [1.807, 2.05) is 51.5 Å². The molecule has 0 spiro atoms. The van der Waals surface area contributed by atoms with Gasteiger partial charge in [-0.1, -0.05) is 45.4 Å². The summed E-state index contributed by atoms with van der Waals surface area (Å²) in [6, 6.07) is 4.49. The van der Waals surface area contributed by atoms with Gasteiger partial charge in [-0.05, 0) is 29.9 Å². The van der Waals surface area contributed by atoms with E-state index in [0.717, 1.165) is 23.0 Å². The van der Waals surface area contributed by atoms with E-state index in [2.05, 4.69) is 15.3 Å². The monoisotopic (exact) mass is 419 g/mol. The largest absolute Gasteiger partial charge is 0.363 e. The molecule has 29 heavy (non-hydrogen) atoms. The minimum absolute atomic E-state index is 0.156. The fourth-order valence-electron chi connectivity index (χ4n) is 2.93. The van der Waals surface area contributed by atoms with Crippen LogP contribution in [-0.2, 0) is 10.0 Å². The second-order valence-electron chi connectivity index (χ2n) is 7.80. The smallest absolute Gasteiger partial charge is 0.333 e. The lowest BCUT2D eigenvalue weighted by molar-refractivity contribution is 0.256. The van der Waals surface area contributed by atoms with Gasteiger partial charge in [0, 0.05) is 25.8 Å². The van der Waals surface area contributed by atoms with Crippen molar-refractivity contribution in [2.45, 2.75) is 51.5 Å². The molecule has 0 fully saturated rings. The highest BCUT2D eigenvalue weighted by molar-refractivity contribution is 7.90. The van der Waals surface area contributed by atoms with Crippen LogP contribution in [0, 0.1) is 6.92 Å². The number of sulfonamides is 1. The molecule has 1 aromatic heterocycles. The van der Waals surface area contributed by atoms with Gasteiger partial charge in [0.25, 0.3) is 10.0 Å². The van der Waals surface area contributed by atoms with Crippen molar-refractivity contribution in [2.75, 3.05) is 24.3 Å². The fourth-order valence-corrected chi connectivity index (χ4v) is 3.78. The summed E-state index contributed by atoms with van der Waals surface area (Å²) in [6.45, 7) is 10.1. The summed E-state index contributed by atoms with van der Waals surface area (Å²) in [5.74, 6) is 0.733. The maximum absolute atomic E-state index is 12.6. The molecule has 2 N–H and O–H groups in total. The van der Waals surface area contributed by atoms with Crippen molar-refractivity contribution in [3.63, 3.8) is 0 Å². The van der Waals surface area contributed by atoms with Gasteiger partial charge < -0.3 is 10.2 Å². The molecular formula is C20H29N5O3S. The number of carbonyl (C=O) groups is 1. The Labute approximate surface area is 172 Å². The zero-order valence-electron chi connectivity index (χ0n) is 17.9. The van der Waals surface area contributed by atoms with E-state index < -0.39 is 16.1 Å². The van der Waals surface area contributed by atoms with Crippen LogP contribution in [0.1, 0.15) is 56.2 Å². The average Bonchev–Trinajstić information content (AvgIpc) is 2.62. The van der Waals surface area contributed by atoms with Crippen molar-refractivity contribution in [3.8, 4) is 0 Å². The molecule has 2 rings (SSSR count). The lowest BCUT2D eigenvalue weighted by Gasteiger charge is -2.21. The molecular weight excluding hydrogens is 390 g/mol. The molecule has 8 nitrogen and oxygen atoms in total. The van der Waals surface area contributed by atoms with E-state index >= 15 is 0 Å². The van der Waals surface area contributed by atoms with Crippen LogP contribution >= 0.6 is 0 Å². The van der Waals surface area contributed by atoms with E-state index in [-0.39, 0.29) is 16.9 Å². The molecule has 158 valence electrons. The molecule has 2 aromatic rings. The maximum Gasteiger partial charge on any atom is 0.333 e. The number of rotatable bonds is 6. The zero-order chi connectivity index (χ0) is 21.9. The molecule has 0 saturated heterocycles. The molecule has 1 aromatic carbocycles. The first-order valence-corrected chi connectivity index (χ1v) is 10.9. The number of anilines is 2. The molecule has 0 atom stereocenters. The highest BCUT2D eigenvalue weighted by atomic mass is 32.2. The number of benzene rings is 1. The normalized spacial score (nSPS) is 11.6. The van der Waals surface area contributed by atoms with E-state index in [0.29, 0.717) is 11.5 Å². The molecule has 0 aliphatic carbocycles. The molecule has 0 aliphatic heterocycles. The molecule has 0 aliphatic rings.